The van der Waals surface area contributed by atoms with E-state index in [1.165, 1.54) is 33.3 Å². The van der Waals surface area contributed by atoms with Gasteiger partial charge in [0.2, 0.25) is 0 Å². The van der Waals surface area contributed by atoms with E-state index in [4.69, 9.17) is 9.40 Å². The van der Waals surface area contributed by atoms with Crippen molar-refractivity contribution in [3.05, 3.63) is 181 Å². The summed E-state index contributed by atoms with van der Waals surface area (Å²) in [6.07, 6.45) is 5.43. The molecule has 0 spiro atoms. The lowest BCUT2D eigenvalue weighted by atomic mass is 9.99. The molecule has 0 amide bonds. The van der Waals surface area contributed by atoms with Crippen molar-refractivity contribution in [1.29, 1.82) is 0 Å². The zero-order valence-electron chi connectivity index (χ0n) is 28.2. The normalized spacial score (nSPS) is 12.5. The Morgan fingerprint density at radius 3 is 2.13 bits per heavy atom. The summed E-state index contributed by atoms with van der Waals surface area (Å²) in [4.78, 5) is 5.04. The maximum absolute atomic E-state index is 6.81. The van der Waals surface area contributed by atoms with Gasteiger partial charge in [-0.1, -0.05) is 127 Å². The van der Waals surface area contributed by atoms with E-state index in [0.29, 0.717) is 0 Å². The van der Waals surface area contributed by atoms with Gasteiger partial charge >= 0.3 is 0 Å². The van der Waals surface area contributed by atoms with Gasteiger partial charge in [-0.05, 0) is 70.8 Å². The van der Waals surface area contributed by atoms with Gasteiger partial charge in [-0.2, -0.15) is 0 Å². The van der Waals surface area contributed by atoms with E-state index in [1.54, 1.807) is 0 Å². The molecule has 0 radical (unpaired) electrons. The van der Waals surface area contributed by atoms with Crippen molar-refractivity contribution < 1.29 is 4.42 Å². The Hall–Kier alpha value is -6.91. The summed E-state index contributed by atoms with van der Waals surface area (Å²) in [5.74, 6) is 0.931. The lowest BCUT2D eigenvalue weighted by Gasteiger charge is -2.12. The molecule has 244 valence electrons. The molecule has 0 saturated carbocycles. The Bertz CT molecular complexity index is 3020. The second kappa shape index (κ2) is 11.3. The molecule has 0 unspecified atom stereocenters. The molecular formula is C48H31N3O. The second-order valence-electron chi connectivity index (χ2n) is 13.5. The number of fused-ring (bicyclic) bond motifs is 7. The highest BCUT2D eigenvalue weighted by atomic mass is 16.3. The molecule has 3 heterocycles. The number of allylic oxidation sites excluding steroid dienone is 1. The van der Waals surface area contributed by atoms with Crippen LogP contribution < -0.4 is 0 Å². The SMILES string of the molecule is C1=Cc2c(n(-c3cccc4c3oc3cccc(-c5ccc(-n6c(-c7ccccc7)nc7ccccc76)cc5)c34)c3ccc(-c4ccccc4)cc23)C1. The summed E-state index contributed by atoms with van der Waals surface area (Å²) < 4.78 is 11.5. The minimum atomic E-state index is 0.883. The summed E-state index contributed by atoms with van der Waals surface area (Å²) >= 11 is 0. The minimum absolute atomic E-state index is 0.883. The molecule has 1 aliphatic rings. The molecule has 1 aliphatic carbocycles. The zero-order chi connectivity index (χ0) is 34.2. The maximum Gasteiger partial charge on any atom is 0.159 e. The number of para-hydroxylation sites is 3. The molecule has 0 bridgehead atoms. The number of benzene rings is 7. The van der Waals surface area contributed by atoms with Crippen LogP contribution in [0.3, 0.4) is 0 Å². The monoisotopic (exact) mass is 665 g/mol. The summed E-state index contributed by atoms with van der Waals surface area (Å²) in [6, 6.07) is 58.0. The van der Waals surface area contributed by atoms with Crippen LogP contribution in [0.25, 0.3) is 95.0 Å². The third-order valence-electron chi connectivity index (χ3n) is 10.6. The van der Waals surface area contributed by atoms with Crippen LogP contribution in [0.1, 0.15) is 11.3 Å². The van der Waals surface area contributed by atoms with E-state index in [1.807, 2.05) is 12.1 Å². The van der Waals surface area contributed by atoms with Gasteiger partial charge in [0.15, 0.2) is 5.58 Å². The first kappa shape index (κ1) is 28.9. The smallest absolute Gasteiger partial charge is 0.159 e. The average Bonchev–Trinajstić information content (AvgIpc) is 4.00. The number of hydrogen-bond donors (Lipinski definition) is 0. The van der Waals surface area contributed by atoms with Gasteiger partial charge in [0.05, 0.1) is 22.2 Å². The predicted octanol–water partition coefficient (Wildman–Crippen LogP) is 12.4. The number of aromatic nitrogens is 3. The Balaban J connectivity index is 1.05. The zero-order valence-corrected chi connectivity index (χ0v) is 28.2. The Labute approximate surface area is 300 Å². The minimum Gasteiger partial charge on any atom is -0.454 e. The highest BCUT2D eigenvalue weighted by Gasteiger charge is 2.23. The van der Waals surface area contributed by atoms with E-state index < -0.39 is 0 Å². The van der Waals surface area contributed by atoms with Crippen LogP contribution in [0.2, 0.25) is 0 Å². The Morgan fingerprint density at radius 1 is 0.538 bits per heavy atom. The van der Waals surface area contributed by atoms with Crippen molar-refractivity contribution in [3.8, 4) is 45.0 Å². The fourth-order valence-corrected chi connectivity index (χ4v) is 8.24. The van der Waals surface area contributed by atoms with Crippen LogP contribution in [-0.4, -0.2) is 14.1 Å². The van der Waals surface area contributed by atoms with E-state index in [2.05, 4.69) is 173 Å². The molecule has 0 saturated heterocycles. The van der Waals surface area contributed by atoms with E-state index in [-0.39, 0.29) is 0 Å². The molecule has 52 heavy (non-hydrogen) atoms. The standard InChI is InChI=1S/C48H31N3O/c1-3-12-31(13-4-1)34-26-29-42-39(30-34)37-17-9-21-41(37)51(42)44-22-10-18-38-46-36(16-11-23-45(46)52-47(38)44)32-24-27-35(28-25-32)50-43-20-8-7-19-40(43)49-48(50)33-14-5-2-6-15-33/h1-20,22-30H,21H2. The number of rotatable bonds is 5. The second-order valence-corrected chi connectivity index (χ2v) is 13.5. The quantitative estimate of drug-likeness (QED) is 0.183. The number of nitrogens with zero attached hydrogens (tertiary/aromatic N) is 3. The van der Waals surface area contributed by atoms with Crippen molar-refractivity contribution in [1.82, 2.24) is 14.1 Å². The summed E-state index contributed by atoms with van der Waals surface area (Å²) in [5, 5.41) is 3.50. The summed E-state index contributed by atoms with van der Waals surface area (Å²) in [7, 11) is 0. The molecule has 0 aliphatic heterocycles. The number of furan rings is 1. The van der Waals surface area contributed by atoms with Crippen LogP contribution >= 0.6 is 0 Å². The van der Waals surface area contributed by atoms with Crippen molar-refractivity contribution >= 4 is 50.0 Å². The van der Waals surface area contributed by atoms with E-state index in [0.717, 1.165) is 73.3 Å². The van der Waals surface area contributed by atoms with Gasteiger partial charge in [0.25, 0.3) is 0 Å². The molecule has 3 aromatic heterocycles. The van der Waals surface area contributed by atoms with Crippen molar-refractivity contribution in [2.75, 3.05) is 0 Å². The topological polar surface area (TPSA) is 35.9 Å². The molecule has 7 aromatic carbocycles. The molecule has 0 atom stereocenters. The van der Waals surface area contributed by atoms with Gasteiger partial charge < -0.3 is 8.98 Å². The van der Waals surface area contributed by atoms with Gasteiger partial charge in [0.1, 0.15) is 11.4 Å². The van der Waals surface area contributed by atoms with Crippen LogP contribution in [-0.2, 0) is 6.42 Å². The van der Waals surface area contributed by atoms with Gasteiger partial charge in [0, 0.05) is 45.1 Å². The molecule has 0 fully saturated rings. The molecular weight excluding hydrogens is 635 g/mol. The molecule has 4 heteroatoms. The Kier molecular flexibility index (Phi) is 6.28. The van der Waals surface area contributed by atoms with Gasteiger partial charge in [-0.15, -0.1) is 0 Å². The first-order chi connectivity index (χ1) is 25.8. The highest BCUT2D eigenvalue weighted by molar-refractivity contribution is 6.14. The fraction of sp³-hybridized carbons (Fsp3) is 0.0208. The highest BCUT2D eigenvalue weighted by Crippen LogP contribution is 2.43. The summed E-state index contributed by atoms with van der Waals surface area (Å²) in [5.41, 5.74) is 15.6. The molecule has 4 nitrogen and oxygen atoms in total. The van der Waals surface area contributed by atoms with Crippen molar-refractivity contribution in [2.45, 2.75) is 6.42 Å². The van der Waals surface area contributed by atoms with Crippen LogP contribution in [0, 0.1) is 0 Å². The average molecular weight is 666 g/mol. The Morgan fingerprint density at radius 2 is 1.29 bits per heavy atom. The van der Waals surface area contributed by atoms with E-state index in [9.17, 15) is 0 Å². The molecule has 11 rings (SSSR count). The number of hydrogen-bond acceptors (Lipinski definition) is 2. The first-order valence-electron chi connectivity index (χ1n) is 17.8. The fourth-order valence-electron chi connectivity index (χ4n) is 8.24. The third-order valence-corrected chi connectivity index (χ3v) is 10.6. The van der Waals surface area contributed by atoms with Gasteiger partial charge in [-0.3, -0.25) is 4.57 Å². The van der Waals surface area contributed by atoms with Crippen molar-refractivity contribution in [2.24, 2.45) is 0 Å². The van der Waals surface area contributed by atoms with Crippen LogP contribution in [0.5, 0.6) is 0 Å². The first-order valence-corrected chi connectivity index (χ1v) is 17.8. The molecule has 0 N–H and O–H groups in total. The molecule has 10 aromatic rings. The van der Waals surface area contributed by atoms with Gasteiger partial charge in [-0.25, -0.2) is 4.98 Å². The van der Waals surface area contributed by atoms with Crippen LogP contribution in [0.15, 0.2) is 174 Å². The predicted molar refractivity (Wildman–Crippen MR) is 214 cm³/mol. The maximum atomic E-state index is 6.81. The lowest BCUT2D eigenvalue weighted by molar-refractivity contribution is 0.665. The van der Waals surface area contributed by atoms with Crippen LogP contribution in [0.4, 0.5) is 0 Å². The van der Waals surface area contributed by atoms with Crippen molar-refractivity contribution in [3.63, 3.8) is 0 Å². The lowest BCUT2D eigenvalue weighted by Crippen LogP contribution is -1.99. The third kappa shape index (κ3) is 4.31. The number of imidazole rings is 1. The largest absolute Gasteiger partial charge is 0.454 e. The van der Waals surface area contributed by atoms with E-state index >= 15 is 0 Å². The summed E-state index contributed by atoms with van der Waals surface area (Å²) in [6.45, 7) is 0.